The molecule has 2 aromatic rings. The molecule has 3 nitrogen and oxygen atoms in total. The number of hydrogen-bond acceptors (Lipinski definition) is 3. The highest BCUT2D eigenvalue weighted by molar-refractivity contribution is 5.57. The molecule has 0 aliphatic heterocycles. The van der Waals surface area contributed by atoms with E-state index >= 15 is 0 Å². The third-order valence-electron chi connectivity index (χ3n) is 4.04. The summed E-state index contributed by atoms with van der Waals surface area (Å²) in [5.74, 6) is 1.30. The minimum Gasteiger partial charge on any atom is -0.460 e. The summed E-state index contributed by atoms with van der Waals surface area (Å²) < 4.78 is 18.6. The molecule has 1 fully saturated rings. The van der Waals surface area contributed by atoms with Crippen LogP contribution in [-0.2, 0) is 6.54 Å². The lowest BCUT2D eigenvalue weighted by atomic mass is 9.77. The van der Waals surface area contributed by atoms with E-state index in [4.69, 9.17) is 4.42 Å². The van der Waals surface area contributed by atoms with Crippen molar-refractivity contribution in [2.45, 2.75) is 31.3 Å². The number of rotatable bonds is 5. The van der Waals surface area contributed by atoms with Gasteiger partial charge in [-0.25, -0.2) is 4.39 Å². The summed E-state index contributed by atoms with van der Waals surface area (Å²) >= 11 is 0. The molecule has 0 amide bonds. The van der Waals surface area contributed by atoms with Crippen LogP contribution in [0.4, 0.5) is 4.39 Å². The van der Waals surface area contributed by atoms with E-state index in [-0.39, 0.29) is 18.0 Å². The van der Waals surface area contributed by atoms with Gasteiger partial charge in [0.15, 0.2) is 0 Å². The molecule has 20 heavy (non-hydrogen) atoms. The highest BCUT2D eigenvalue weighted by Gasteiger charge is 2.35. The predicted octanol–water partition coefficient (Wildman–Crippen LogP) is 3.09. The van der Waals surface area contributed by atoms with Crippen molar-refractivity contribution in [2.24, 2.45) is 0 Å². The van der Waals surface area contributed by atoms with Crippen LogP contribution in [0.1, 0.15) is 25.0 Å². The Kier molecular flexibility index (Phi) is 3.59. The third kappa shape index (κ3) is 2.62. The number of nitrogens with one attached hydrogen (secondary N) is 1. The van der Waals surface area contributed by atoms with Gasteiger partial charge in [0.25, 0.3) is 0 Å². The summed E-state index contributed by atoms with van der Waals surface area (Å²) in [6.45, 7) is 0.764. The van der Waals surface area contributed by atoms with Crippen molar-refractivity contribution in [1.82, 2.24) is 5.32 Å². The van der Waals surface area contributed by atoms with E-state index in [2.05, 4.69) is 5.32 Å². The fourth-order valence-corrected chi connectivity index (χ4v) is 2.51. The Morgan fingerprint density at radius 1 is 1.15 bits per heavy atom. The maximum atomic E-state index is 12.9. The van der Waals surface area contributed by atoms with Crippen molar-refractivity contribution in [3.05, 3.63) is 48.0 Å². The molecular weight excluding hydrogens is 257 g/mol. The van der Waals surface area contributed by atoms with Gasteiger partial charge < -0.3 is 14.8 Å². The van der Waals surface area contributed by atoms with Crippen LogP contribution in [0, 0.1) is 5.82 Å². The zero-order valence-corrected chi connectivity index (χ0v) is 11.2. The van der Waals surface area contributed by atoms with Crippen molar-refractivity contribution < 1.29 is 13.9 Å². The quantitative estimate of drug-likeness (QED) is 0.881. The fraction of sp³-hybridized carbons (Fsp3) is 0.375. The van der Waals surface area contributed by atoms with Crippen LogP contribution in [0.25, 0.3) is 11.3 Å². The maximum Gasteiger partial charge on any atom is 0.134 e. The first kappa shape index (κ1) is 13.3. The molecular formula is C16H18FNO2. The molecule has 0 bridgehead atoms. The van der Waals surface area contributed by atoms with E-state index < -0.39 is 0 Å². The highest BCUT2D eigenvalue weighted by atomic mass is 19.1. The van der Waals surface area contributed by atoms with Crippen LogP contribution in [0.5, 0.6) is 0 Å². The van der Waals surface area contributed by atoms with Gasteiger partial charge in [-0.15, -0.1) is 0 Å². The van der Waals surface area contributed by atoms with Gasteiger partial charge in [0.2, 0.25) is 0 Å². The first-order valence-electron chi connectivity index (χ1n) is 6.91. The monoisotopic (exact) mass is 275 g/mol. The van der Waals surface area contributed by atoms with Crippen molar-refractivity contribution >= 4 is 0 Å². The summed E-state index contributed by atoms with van der Waals surface area (Å²) in [6.07, 6.45) is 3.18. The lowest BCUT2D eigenvalue weighted by Crippen LogP contribution is -2.53. The van der Waals surface area contributed by atoms with Gasteiger partial charge in [0, 0.05) is 11.1 Å². The standard InChI is InChI=1S/C16H18FNO2/c17-13-4-2-12(3-5-13)15-7-6-14(20-15)10-18-16(11-19)8-1-9-16/h2-7,18-19H,1,8-11H2. The van der Waals surface area contributed by atoms with Crippen LogP contribution < -0.4 is 5.32 Å². The highest BCUT2D eigenvalue weighted by Crippen LogP contribution is 2.31. The first-order chi connectivity index (χ1) is 9.71. The molecule has 1 heterocycles. The van der Waals surface area contributed by atoms with Gasteiger partial charge in [0.05, 0.1) is 13.2 Å². The molecule has 2 N–H and O–H groups in total. The van der Waals surface area contributed by atoms with E-state index in [9.17, 15) is 9.50 Å². The van der Waals surface area contributed by atoms with E-state index in [0.29, 0.717) is 6.54 Å². The number of halogens is 1. The Bertz CT molecular complexity index is 567. The van der Waals surface area contributed by atoms with Gasteiger partial charge in [-0.3, -0.25) is 0 Å². The molecule has 1 aromatic heterocycles. The van der Waals surface area contributed by atoms with Crippen molar-refractivity contribution in [1.29, 1.82) is 0 Å². The summed E-state index contributed by atoms with van der Waals surface area (Å²) in [5.41, 5.74) is 0.737. The number of hydrogen-bond donors (Lipinski definition) is 2. The summed E-state index contributed by atoms with van der Waals surface area (Å²) in [4.78, 5) is 0. The molecule has 0 radical (unpaired) electrons. The van der Waals surface area contributed by atoms with Crippen LogP contribution in [-0.4, -0.2) is 17.3 Å². The predicted molar refractivity (Wildman–Crippen MR) is 74.6 cm³/mol. The van der Waals surface area contributed by atoms with Crippen molar-refractivity contribution in [3.63, 3.8) is 0 Å². The average molecular weight is 275 g/mol. The van der Waals surface area contributed by atoms with Crippen molar-refractivity contribution in [2.75, 3.05) is 6.61 Å². The first-order valence-corrected chi connectivity index (χ1v) is 6.91. The minimum atomic E-state index is -0.253. The average Bonchev–Trinajstić information content (AvgIpc) is 2.88. The second-order valence-electron chi connectivity index (χ2n) is 5.42. The molecule has 0 spiro atoms. The summed E-state index contributed by atoms with van der Waals surface area (Å²) in [6, 6.07) is 10.0. The van der Waals surface area contributed by atoms with Gasteiger partial charge in [0.1, 0.15) is 17.3 Å². The second-order valence-corrected chi connectivity index (χ2v) is 5.42. The molecule has 1 saturated carbocycles. The minimum absolute atomic E-state index is 0.122. The normalized spacial score (nSPS) is 16.9. The third-order valence-corrected chi connectivity index (χ3v) is 4.04. The van der Waals surface area contributed by atoms with Crippen molar-refractivity contribution in [3.8, 4) is 11.3 Å². The number of aliphatic hydroxyl groups is 1. The van der Waals surface area contributed by atoms with Crippen LogP contribution in [0.2, 0.25) is 0 Å². The largest absolute Gasteiger partial charge is 0.460 e. The number of furan rings is 1. The van der Waals surface area contributed by atoms with Crippen LogP contribution in [0.3, 0.4) is 0 Å². The fourth-order valence-electron chi connectivity index (χ4n) is 2.51. The molecule has 1 aliphatic rings. The Morgan fingerprint density at radius 2 is 1.90 bits per heavy atom. The molecule has 0 saturated heterocycles. The smallest absolute Gasteiger partial charge is 0.134 e. The molecule has 1 aliphatic carbocycles. The van der Waals surface area contributed by atoms with E-state index in [1.807, 2.05) is 12.1 Å². The molecule has 1 aromatic carbocycles. The Morgan fingerprint density at radius 3 is 2.50 bits per heavy atom. The second kappa shape index (κ2) is 5.38. The molecule has 3 rings (SSSR count). The molecule has 4 heteroatoms. The molecule has 0 atom stereocenters. The Balaban J connectivity index is 1.66. The molecule has 0 unspecified atom stereocenters. The van der Waals surface area contributed by atoms with Crippen LogP contribution in [0.15, 0.2) is 40.8 Å². The summed E-state index contributed by atoms with van der Waals surface area (Å²) in [5, 5.41) is 12.8. The number of benzene rings is 1. The summed E-state index contributed by atoms with van der Waals surface area (Å²) in [7, 11) is 0. The topological polar surface area (TPSA) is 45.4 Å². The zero-order chi connectivity index (χ0) is 14.0. The number of aliphatic hydroxyl groups excluding tert-OH is 1. The Hall–Kier alpha value is -1.65. The SMILES string of the molecule is OCC1(NCc2ccc(-c3ccc(F)cc3)o2)CCC1. The Labute approximate surface area is 117 Å². The maximum absolute atomic E-state index is 12.9. The van der Waals surface area contributed by atoms with Crippen LogP contribution >= 0.6 is 0 Å². The van der Waals surface area contributed by atoms with E-state index in [0.717, 1.165) is 36.3 Å². The van der Waals surface area contributed by atoms with Gasteiger partial charge in [-0.05, 0) is 55.7 Å². The lowest BCUT2D eigenvalue weighted by molar-refractivity contribution is 0.0853. The van der Waals surface area contributed by atoms with Gasteiger partial charge >= 0.3 is 0 Å². The lowest BCUT2D eigenvalue weighted by Gasteiger charge is -2.41. The van der Waals surface area contributed by atoms with Gasteiger partial charge in [-0.1, -0.05) is 0 Å². The zero-order valence-electron chi connectivity index (χ0n) is 11.2. The van der Waals surface area contributed by atoms with Gasteiger partial charge in [-0.2, -0.15) is 0 Å². The molecule has 106 valence electrons. The van der Waals surface area contributed by atoms with E-state index in [1.54, 1.807) is 12.1 Å². The van der Waals surface area contributed by atoms with E-state index in [1.165, 1.54) is 12.1 Å².